The van der Waals surface area contributed by atoms with E-state index in [1.54, 1.807) is 30.3 Å². The molecule has 14 heteroatoms. The van der Waals surface area contributed by atoms with Crippen molar-refractivity contribution < 1.29 is 14.3 Å². The number of nitrogens with one attached hydrogen (secondary N) is 4. The number of H-pyrrole nitrogens is 1. The monoisotopic (exact) mass is 595 g/mol. The van der Waals surface area contributed by atoms with Crippen molar-refractivity contribution in [2.45, 2.75) is 31.7 Å². The summed E-state index contributed by atoms with van der Waals surface area (Å²) in [6, 6.07) is 10.2. The summed E-state index contributed by atoms with van der Waals surface area (Å²) in [5, 5.41) is 21.3. The quantitative estimate of drug-likeness (QED) is 0.224. The number of aromatic nitrogens is 6. The van der Waals surface area contributed by atoms with Gasteiger partial charge in [0.25, 0.3) is 0 Å². The highest BCUT2D eigenvalue weighted by Crippen LogP contribution is 2.36. The van der Waals surface area contributed by atoms with Gasteiger partial charge in [0.05, 0.1) is 18.8 Å². The molecule has 0 aliphatic carbocycles. The summed E-state index contributed by atoms with van der Waals surface area (Å²) >= 11 is 12.8. The van der Waals surface area contributed by atoms with Gasteiger partial charge < -0.3 is 20.4 Å². The van der Waals surface area contributed by atoms with E-state index in [-0.39, 0.29) is 5.91 Å². The molecule has 1 unspecified atom stereocenters. The summed E-state index contributed by atoms with van der Waals surface area (Å²) in [4.78, 5) is 32.7. The highest BCUT2D eigenvalue weighted by molar-refractivity contribution is 6.32. The van der Waals surface area contributed by atoms with Gasteiger partial charge in [0.15, 0.2) is 0 Å². The van der Waals surface area contributed by atoms with Crippen LogP contribution in [0.3, 0.4) is 0 Å². The summed E-state index contributed by atoms with van der Waals surface area (Å²) in [7, 11) is 1.31. The molecule has 4 N–H and O–H groups in total. The number of imidazole rings is 1. The molecule has 2 aromatic carbocycles. The SMILES string of the molecule is COC(=O)Nc1ccc2c(c1)NCCCCCC(NC(=O)/C=C/c1cc(Cl)ccc1-n1cnnn1)c1nc-2c(Cl)[nH]1. The fourth-order valence-electron chi connectivity index (χ4n) is 4.53. The van der Waals surface area contributed by atoms with E-state index in [0.29, 0.717) is 51.6 Å². The molecule has 3 heterocycles. The van der Waals surface area contributed by atoms with Gasteiger partial charge in [-0.05, 0) is 65.7 Å². The molecular weight excluding hydrogens is 569 g/mol. The number of fused-ring (bicyclic) bond motifs is 4. The summed E-state index contributed by atoms with van der Waals surface area (Å²) in [6.07, 6.45) is 7.39. The normalized spacial score (nSPS) is 15.2. The second kappa shape index (κ2) is 12.8. The number of anilines is 2. The lowest BCUT2D eigenvalue weighted by molar-refractivity contribution is -0.117. The molecule has 41 heavy (non-hydrogen) atoms. The molecular formula is C27H27Cl2N9O3. The van der Waals surface area contributed by atoms with Gasteiger partial charge in [0.1, 0.15) is 23.0 Å². The van der Waals surface area contributed by atoms with Gasteiger partial charge in [-0.25, -0.2) is 9.78 Å². The number of amides is 2. The Morgan fingerprint density at radius 3 is 2.83 bits per heavy atom. The Morgan fingerprint density at radius 2 is 2.02 bits per heavy atom. The summed E-state index contributed by atoms with van der Waals surface area (Å²) in [6.45, 7) is 0.715. The first-order valence-corrected chi connectivity index (χ1v) is 13.7. The van der Waals surface area contributed by atoms with E-state index in [9.17, 15) is 9.59 Å². The zero-order chi connectivity index (χ0) is 28.8. The molecule has 0 saturated heterocycles. The maximum absolute atomic E-state index is 13.1. The fraction of sp³-hybridized carbons (Fsp3) is 0.259. The molecule has 2 amide bonds. The van der Waals surface area contributed by atoms with Crippen molar-refractivity contribution in [1.29, 1.82) is 0 Å². The van der Waals surface area contributed by atoms with E-state index in [1.165, 1.54) is 24.2 Å². The van der Waals surface area contributed by atoms with Crippen LogP contribution in [0.5, 0.6) is 0 Å². The molecule has 5 rings (SSSR count). The molecule has 4 aromatic rings. The Balaban J connectivity index is 1.39. The van der Waals surface area contributed by atoms with E-state index in [2.05, 4.69) is 36.5 Å². The fourth-order valence-corrected chi connectivity index (χ4v) is 4.95. The highest BCUT2D eigenvalue weighted by atomic mass is 35.5. The van der Waals surface area contributed by atoms with Crippen molar-refractivity contribution in [2.24, 2.45) is 0 Å². The number of methoxy groups -OCH3 is 1. The number of tetrazole rings is 1. The second-order valence-electron chi connectivity index (χ2n) is 9.29. The minimum Gasteiger partial charge on any atom is -0.453 e. The van der Waals surface area contributed by atoms with Crippen LogP contribution in [0.4, 0.5) is 16.2 Å². The maximum Gasteiger partial charge on any atom is 0.411 e. The van der Waals surface area contributed by atoms with Gasteiger partial charge in [-0.2, -0.15) is 4.68 Å². The standard InChI is InChI=1S/C27H27Cl2N9O3/c1-41-27(40)32-18-8-9-19-21(14-18)30-12-4-2-3-5-20(26-34-24(19)25(29)35-26)33-23(39)11-6-16-13-17(28)7-10-22(16)38-15-31-36-37-38/h6-11,13-15,20,30H,2-5,12H2,1H3,(H,32,40)(H,33,39)(H,34,35)/b11-6+. The van der Waals surface area contributed by atoms with Gasteiger partial charge in [-0.3, -0.25) is 10.1 Å². The van der Waals surface area contributed by atoms with E-state index in [1.807, 2.05) is 12.1 Å². The first-order chi connectivity index (χ1) is 19.9. The molecule has 2 aromatic heterocycles. The van der Waals surface area contributed by atoms with E-state index in [0.717, 1.165) is 30.5 Å². The molecule has 2 bridgehead atoms. The number of nitrogens with zero attached hydrogens (tertiary/aromatic N) is 5. The molecule has 0 fully saturated rings. The number of hydrogen-bond acceptors (Lipinski definition) is 8. The number of carbonyl (C=O) groups is 2. The molecule has 1 atom stereocenters. The van der Waals surface area contributed by atoms with Crippen LogP contribution in [0, 0.1) is 0 Å². The van der Waals surface area contributed by atoms with E-state index in [4.69, 9.17) is 32.9 Å². The average Bonchev–Trinajstić information content (AvgIpc) is 3.63. The maximum atomic E-state index is 13.1. The number of halogens is 2. The Morgan fingerprint density at radius 1 is 1.15 bits per heavy atom. The third-order valence-corrected chi connectivity index (χ3v) is 7.02. The lowest BCUT2D eigenvalue weighted by Gasteiger charge is -2.17. The average molecular weight is 596 g/mol. The zero-order valence-corrected chi connectivity index (χ0v) is 23.5. The largest absolute Gasteiger partial charge is 0.453 e. The van der Waals surface area contributed by atoms with Gasteiger partial charge in [0.2, 0.25) is 5.91 Å². The molecule has 212 valence electrons. The Kier molecular flexibility index (Phi) is 8.80. The van der Waals surface area contributed by atoms with Crippen LogP contribution in [0.2, 0.25) is 10.2 Å². The minimum atomic E-state index is -0.562. The van der Waals surface area contributed by atoms with Crippen LogP contribution in [-0.2, 0) is 9.53 Å². The summed E-state index contributed by atoms with van der Waals surface area (Å²) in [5.74, 6) is 0.242. The molecule has 1 aliphatic rings. The van der Waals surface area contributed by atoms with Crippen molar-refractivity contribution in [2.75, 3.05) is 24.3 Å². The van der Waals surface area contributed by atoms with Gasteiger partial charge >= 0.3 is 6.09 Å². The molecule has 0 spiro atoms. The highest BCUT2D eigenvalue weighted by Gasteiger charge is 2.22. The lowest BCUT2D eigenvalue weighted by atomic mass is 10.1. The second-order valence-corrected chi connectivity index (χ2v) is 10.1. The topological polar surface area (TPSA) is 152 Å². The molecule has 0 saturated carbocycles. The molecule has 12 nitrogen and oxygen atoms in total. The predicted octanol–water partition coefficient (Wildman–Crippen LogP) is 5.39. The first-order valence-electron chi connectivity index (χ1n) is 12.9. The molecule has 0 radical (unpaired) electrons. The Labute approximate surface area is 245 Å². The van der Waals surface area contributed by atoms with Crippen molar-refractivity contribution in [1.82, 2.24) is 35.5 Å². The minimum absolute atomic E-state index is 0.306. The lowest BCUT2D eigenvalue weighted by Crippen LogP contribution is -2.28. The number of ether oxygens (including phenoxy) is 1. The third-order valence-electron chi connectivity index (χ3n) is 6.52. The van der Waals surface area contributed by atoms with Crippen LogP contribution in [0.25, 0.3) is 23.0 Å². The predicted molar refractivity (Wildman–Crippen MR) is 156 cm³/mol. The number of aromatic amines is 1. The van der Waals surface area contributed by atoms with Crippen molar-refractivity contribution >= 4 is 52.7 Å². The van der Waals surface area contributed by atoms with E-state index < -0.39 is 12.1 Å². The number of rotatable bonds is 5. The van der Waals surface area contributed by atoms with E-state index >= 15 is 0 Å². The third kappa shape index (κ3) is 6.84. The van der Waals surface area contributed by atoms with Crippen molar-refractivity contribution in [3.8, 4) is 16.9 Å². The molecule has 1 aliphatic heterocycles. The number of carbonyl (C=O) groups excluding carboxylic acids is 2. The summed E-state index contributed by atoms with van der Waals surface area (Å²) in [5.41, 5.74) is 3.98. The summed E-state index contributed by atoms with van der Waals surface area (Å²) < 4.78 is 6.20. The Hall–Kier alpha value is -4.42. The van der Waals surface area contributed by atoms with Crippen LogP contribution >= 0.6 is 23.2 Å². The zero-order valence-electron chi connectivity index (χ0n) is 22.0. The Bertz CT molecular complexity index is 1570. The van der Waals surface area contributed by atoms with Crippen LogP contribution in [0.15, 0.2) is 48.8 Å². The smallest absolute Gasteiger partial charge is 0.411 e. The first kappa shape index (κ1) is 28.1. The van der Waals surface area contributed by atoms with Crippen LogP contribution < -0.4 is 16.0 Å². The van der Waals surface area contributed by atoms with Crippen molar-refractivity contribution in [3.05, 3.63) is 70.4 Å². The van der Waals surface area contributed by atoms with Gasteiger partial charge in [-0.15, -0.1) is 5.10 Å². The van der Waals surface area contributed by atoms with Crippen LogP contribution in [0.1, 0.15) is 43.1 Å². The van der Waals surface area contributed by atoms with Gasteiger partial charge in [0, 0.05) is 40.1 Å². The van der Waals surface area contributed by atoms with Crippen LogP contribution in [-0.4, -0.2) is 55.8 Å². The number of benzene rings is 2. The van der Waals surface area contributed by atoms with Crippen molar-refractivity contribution in [3.63, 3.8) is 0 Å². The van der Waals surface area contributed by atoms with Gasteiger partial charge in [-0.1, -0.05) is 36.0 Å². The number of hydrogen-bond donors (Lipinski definition) is 4.